The van der Waals surface area contributed by atoms with E-state index in [4.69, 9.17) is 0 Å². The van der Waals surface area contributed by atoms with Crippen molar-refractivity contribution in [3.8, 4) is 0 Å². The number of hydrogen-bond acceptors (Lipinski definition) is 2. The predicted molar refractivity (Wildman–Crippen MR) is 82.2 cm³/mol. The highest BCUT2D eigenvalue weighted by Crippen LogP contribution is 2.24. The fourth-order valence-electron chi connectivity index (χ4n) is 2.39. The molecule has 0 aliphatic carbocycles. The van der Waals surface area contributed by atoms with Crippen LogP contribution in [0.1, 0.15) is 29.8 Å². The van der Waals surface area contributed by atoms with Gasteiger partial charge >= 0.3 is 0 Å². The van der Waals surface area contributed by atoms with Gasteiger partial charge in [-0.2, -0.15) is 5.10 Å². The maximum Gasteiger partial charge on any atom is 0.137 e. The lowest BCUT2D eigenvalue weighted by Crippen LogP contribution is -2.19. The van der Waals surface area contributed by atoms with Crippen molar-refractivity contribution in [3.05, 3.63) is 51.5 Å². The molecule has 0 aliphatic heterocycles. The van der Waals surface area contributed by atoms with E-state index >= 15 is 0 Å². The first-order valence-electron chi connectivity index (χ1n) is 6.68. The van der Waals surface area contributed by atoms with Crippen molar-refractivity contribution in [1.29, 1.82) is 0 Å². The maximum absolute atomic E-state index is 13.3. The first kappa shape index (κ1) is 15.2. The van der Waals surface area contributed by atoms with Gasteiger partial charge in [0.2, 0.25) is 0 Å². The van der Waals surface area contributed by atoms with E-state index in [0.717, 1.165) is 24.1 Å². The number of hydrogen-bond donors (Lipinski definition) is 1. The quantitative estimate of drug-likeness (QED) is 0.904. The Kier molecular flexibility index (Phi) is 4.94. The second-order valence-electron chi connectivity index (χ2n) is 4.85. The Hall–Kier alpha value is -1.20. The van der Waals surface area contributed by atoms with Crippen LogP contribution in [-0.4, -0.2) is 16.8 Å². The molecule has 1 unspecified atom stereocenters. The molecule has 1 aromatic heterocycles. The highest BCUT2D eigenvalue weighted by molar-refractivity contribution is 9.10. The third kappa shape index (κ3) is 3.27. The normalized spacial score (nSPS) is 12.7. The Balaban J connectivity index is 2.26. The molecule has 1 aromatic carbocycles. The molecule has 3 nitrogen and oxygen atoms in total. The maximum atomic E-state index is 13.3. The number of halogens is 2. The molecule has 0 saturated carbocycles. The van der Waals surface area contributed by atoms with Crippen LogP contribution in [0.5, 0.6) is 0 Å². The monoisotopic (exact) mass is 339 g/mol. The van der Waals surface area contributed by atoms with Crippen LogP contribution >= 0.6 is 15.9 Å². The minimum absolute atomic E-state index is 0.177. The van der Waals surface area contributed by atoms with E-state index in [2.05, 4.69) is 39.5 Å². The van der Waals surface area contributed by atoms with Crippen molar-refractivity contribution in [2.45, 2.75) is 25.8 Å². The highest BCUT2D eigenvalue weighted by Gasteiger charge is 2.17. The van der Waals surface area contributed by atoms with Crippen molar-refractivity contribution in [2.75, 3.05) is 7.05 Å². The lowest BCUT2D eigenvalue weighted by atomic mass is 9.98. The third-order valence-electron chi connectivity index (χ3n) is 3.42. The molecule has 1 N–H and O–H groups in total. The molecule has 2 rings (SSSR count). The smallest absolute Gasteiger partial charge is 0.137 e. The van der Waals surface area contributed by atoms with Crippen LogP contribution in [0, 0.1) is 5.82 Å². The van der Waals surface area contributed by atoms with Gasteiger partial charge < -0.3 is 5.32 Å². The molecule has 0 spiro atoms. The Morgan fingerprint density at radius 3 is 2.80 bits per heavy atom. The first-order chi connectivity index (χ1) is 9.55. The molecular weight excluding hydrogens is 321 g/mol. The van der Waals surface area contributed by atoms with E-state index in [9.17, 15) is 4.39 Å². The largest absolute Gasteiger partial charge is 0.313 e. The summed E-state index contributed by atoms with van der Waals surface area (Å²) in [6.07, 6.45) is 3.76. The number of benzene rings is 1. The van der Waals surface area contributed by atoms with E-state index in [1.54, 1.807) is 0 Å². The highest BCUT2D eigenvalue weighted by atomic mass is 79.9. The fraction of sp³-hybridized carbons (Fsp3) is 0.400. The summed E-state index contributed by atoms with van der Waals surface area (Å²) in [6.45, 7) is 2.10. The van der Waals surface area contributed by atoms with Crippen molar-refractivity contribution in [2.24, 2.45) is 7.05 Å². The van der Waals surface area contributed by atoms with Gasteiger partial charge in [0, 0.05) is 24.8 Å². The summed E-state index contributed by atoms with van der Waals surface area (Å²) in [5, 5.41) is 7.81. The lowest BCUT2D eigenvalue weighted by Gasteiger charge is -2.16. The number of rotatable bonds is 5. The zero-order valence-corrected chi connectivity index (χ0v) is 13.5. The number of nitrogens with one attached hydrogen (secondary N) is 1. The van der Waals surface area contributed by atoms with Crippen molar-refractivity contribution in [3.63, 3.8) is 0 Å². The zero-order valence-electron chi connectivity index (χ0n) is 12.0. The van der Waals surface area contributed by atoms with Gasteiger partial charge in [-0.3, -0.25) is 4.68 Å². The van der Waals surface area contributed by atoms with Gasteiger partial charge in [-0.15, -0.1) is 0 Å². The van der Waals surface area contributed by atoms with Crippen LogP contribution < -0.4 is 5.32 Å². The Morgan fingerprint density at radius 1 is 1.45 bits per heavy atom. The molecule has 5 heteroatoms. The van der Waals surface area contributed by atoms with Crippen LogP contribution in [0.3, 0.4) is 0 Å². The molecule has 0 saturated heterocycles. The van der Waals surface area contributed by atoms with Gasteiger partial charge in [-0.25, -0.2) is 4.39 Å². The Labute approximate surface area is 127 Å². The van der Waals surface area contributed by atoms with Gasteiger partial charge in [0.25, 0.3) is 0 Å². The molecule has 20 heavy (non-hydrogen) atoms. The molecule has 0 fully saturated rings. The first-order valence-corrected chi connectivity index (χ1v) is 7.48. The summed E-state index contributed by atoms with van der Waals surface area (Å²) in [5.74, 6) is -0.231. The van der Waals surface area contributed by atoms with Gasteiger partial charge in [-0.05, 0) is 53.5 Å². The van der Waals surface area contributed by atoms with Crippen LogP contribution in [-0.2, 0) is 19.9 Å². The zero-order chi connectivity index (χ0) is 14.7. The van der Waals surface area contributed by atoms with Gasteiger partial charge in [-0.1, -0.05) is 13.0 Å². The molecule has 0 radical (unpaired) electrons. The molecule has 1 heterocycles. The number of aromatic nitrogens is 2. The number of aryl methyl sites for hydroxylation is 2. The minimum atomic E-state index is -0.231. The average molecular weight is 340 g/mol. The summed E-state index contributed by atoms with van der Waals surface area (Å²) in [5.41, 5.74) is 3.40. The molecule has 108 valence electrons. The van der Waals surface area contributed by atoms with Crippen LogP contribution in [0.2, 0.25) is 0 Å². The molecule has 1 atom stereocenters. The van der Waals surface area contributed by atoms with Crippen molar-refractivity contribution >= 4 is 15.9 Å². The Bertz CT molecular complexity index is 595. The number of nitrogens with zero attached hydrogens (tertiary/aromatic N) is 2. The van der Waals surface area contributed by atoms with Crippen molar-refractivity contribution in [1.82, 2.24) is 15.1 Å². The minimum Gasteiger partial charge on any atom is -0.313 e. The molecular formula is C15H19BrFN3. The summed E-state index contributed by atoms with van der Waals surface area (Å²) >= 11 is 3.23. The van der Waals surface area contributed by atoms with E-state index in [1.807, 2.05) is 30.9 Å². The van der Waals surface area contributed by atoms with E-state index < -0.39 is 0 Å². The summed E-state index contributed by atoms with van der Waals surface area (Å²) < 4.78 is 15.6. The molecule has 0 amide bonds. The van der Waals surface area contributed by atoms with Crippen LogP contribution in [0.25, 0.3) is 0 Å². The standard InChI is InChI=1S/C15H19BrFN3/c1-4-14-11(9-20(3)19-14)15(18-2)8-10-5-6-13(17)12(16)7-10/h5-7,9,15,18H,4,8H2,1-3H3. The lowest BCUT2D eigenvalue weighted by molar-refractivity contribution is 0.583. The van der Waals surface area contributed by atoms with E-state index in [0.29, 0.717) is 4.47 Å². The van der Waals surface area contributed by atoms with Gasteiger partial charge in [0.05, 0.1) is 10.2 Å². The molecule has 2 aromatic rings. The SMILES string of the molecule is CCc1nn(C)cc1C(Cc1ccc(F)c(Br)c1)NC. The second kappa shape index (κ2) is 6.50. The number of likely N-dealkylation sites (N-methyl/N-ethyl adjacent to an activating group) is 1. The van der Waals surface area contributed by atoms with Crippen molar-refractivity contribution < 1.29 is 4.39 Å². The predicted octanol–water partition coefficient (Wildman–Crippen LogP) is 3.39. The topological polar surface area (TPSA) is 29.9 Å². The second-order valence-corrected chi connectivity index (χ2v) is 5.71. The Morgan fingerprint density at radius 2 is 2.20 bits per heavy atom. The summed E-state index contributed by atoms with van der Waals surface area (Å²) in [4.78, 5) is 0. The van der Waals surface area contributed by atoms with Crippen LogP contribution in [0.15, 0.2) is 28.9 Å². The average Bonchev–Trinajstić information content (AvgIpc) is 2.81. The van der Waals surface area contributed by atoms with E-state index in [1.165, 1.54) is 11.6 Å². The molecule has 0 aliphatic rings. The van der Waals surface area contributed by atoms with Gasteiger partial charge in [0.1, 0.15) is 5.82 Å². The fourth-order valence-corrected chi connectivity index (χ4v) is 2.81. The molecule has 0 bridgehead atoms. The van der Waals surface area contributed by atoms with Crippen LogP contribution in [0.4, 0.5) is 4.39 Å². The van der Waals surface area contributed by atoms with E-state index in [-0.39, 0.29) is 11.9 Å². The van der Waals surface area contributed by atoms with Gasteiger partial charge in [0.15, 0.2) is 0 Å². The summed E-state index contributed by atoms with van der Waals surface area (Å²) in [6, 6.07) is 5.33. The third-order valence-corrected chi connectivity index (χ3v) is 4.03. The summed E-state index contributed by atoms with van der Waals surface area (Å²) in [7, 11) is 3.87.